The van der Waals surface area contributed by atoms with Crippen molar-refractivity contribution in [2.45, 2.75) is 19.0 Å². The highest BCUT2D eigenvalue weighted by Crippen LogP contribution is 2.25. The lowest BCUT2D eigenvalue weighted by atomic mass is 9.99. The van der Waals surface area contributed by atoms with Gasteiger partial charge in [0.1, 0.15) is 0 Å². The van der Waals surface area contributed by atoms with Crippen LogP contribution in [-0.4, -0.2) is 20.2 Å². The molecular formula is C16H17NO2S. The minimum atomic E-state index is -3.01. The molecule has 1 N–H and O–H groups in total. The van der Waals surface area contributed by atoms with Gasteiger partial charge in [-0.1, -0.05) is 48.5 Å². The van der Waals surface area contributed by atoms with Gasteiger partial charge in [0.15, 0.2) is 9.84 Å². The molecule has 0 aliphatic carbocycles. The number of benzene rings is 2. The van der Waals surface area contributed by atoms with Crippen LogP contribution < -0.4 is 5.32 Å². The topological polar surface area (TPSA) is 46.2 Å². The maximum atomic E-state index is 11.4. The molecule has 0 spiro atoms. The monoisotopic (exact) mass is 287 g/mol. The van der Waals surface area contributed by atoms with E-state index in [9.17, 15) is 8.42 Å². The van der Waals surface area contributed by atoms with Crippen LogP contribution in [0.4, 0.5) is 0 Å². The van der Waals surface area contributed by atoms with Gasteiger partial charge in [0.2, 0.25) is 0 Å². The van der Waals surface area contributed by atoms with Crippen LogP contribution in [0.15, 0.2) is 53.9 Å². The van der Waals surface area contributed by atoms with E-state index in [-0.39, 0.29) is 17.8 Å². The van der Waals surface area contributed by atoms with Crippen LogP contribution in [-0.2, 0) is 9.84 Å². The average molecular weight is 287 g/mol. The number of nitrogens with one attached hydrogen (secondary N) is 1. The van der Waals surface area contributed by atoms with Gasteiger partial charge in [-0.05, 0) is 23.3 Å². The zero-order valence-electron chi connectivity index (χ0n) is 11.3. The maximum absolute atomic E-state index is 11.4. The third-order valence-corrected chi connectivity index (χ3v) is 5.08. The molecule has 0 radical (unpaired) electrons. The van der Waals surface area contributed by atoms with E-state index in [0.717, 1.165) is 0 Å². The first-order valence-electron chi connectivity index (χ1n) is 6.70. The largest absolute Gasteiger partial charge is 0.303 e. The van der Waals surface area contributed by atoms with E-state index in [1.165, 1.54) is 21.7 Å². The second-order valence-corrected chi connectivity index (χ2v) is 7.15. The minimum Gasteiger partial charge on any atom is -0.303 e. The Kier molecular flexibility index (Phi) is 3.36. The quantitative estimate of drug-likeness (QED) is 0.944. The molecular weight excluding hydrogens is 270 g/mol. The summed E-state index contributed by atoms with van der Waals surface area (Å²) >= 11 is 0. The fourth-order valence-corrected chi connectivity index (χ4v) is 3.97. The number of hydrogen-bond acceptors (Lipinski definition) is 3. The van der Waals surface area contributed by atoms with E-state index >= 15 is 0 Å². The fraction of sp³-hybridized carbons (Fsp3) is 0.250. The van der Waals surface area contributed by atoms with Gasteiger partial charge < -0.3 is 5.32 Å². The van der Waals surface area contributed by atoms with E-state index in [1.54, 1.807) is 6.08 Å². The Morgan fingerprint density at radius 1 is 1.15 bits per heavy atom. The Bertz CT molecular complexity index is 760. The Balaban J connectivity index is 1.86. The van der Waals surface area contributed by atoms with E-state index in [0.29, 0.717) is 0 Å². The lowest BCUT2D eigenvalue weighted by Gasteiger charge is -2.19. The predicted octanol–water partition coefficient (Wildman–Crippen LogP) is 2.80. The minimum absolute atomic E-state index is 0.101. The average Bonchev–Trinajstić information content (AvgIpc) is 2.77. The maximum Gasteiger partial charge on any atom is 0.173 e. The molecule has 0 fully saturated rings. The summed E-state index contributed by atoms with van der Waals surface area (Å²) in [4.78, 5) is 0. The van der Waals surface area contributed by atoms with Gasteiger partial charge in [-0.2, -0.15) is 0 Å². The zero-order valence-corrected chi connectivity index (χ0v) is 12.1. The first kappa shape index (κ1) is 13.3. The summed E-state index contributed by atoms with van der Waals surface area (Å²) in [6, 6.07) is 14.5. The van der Waals surface area contributed by atoms with Crippen molar-refractivity contribution in [1.82, 2.24) is 5.32 Å². The van der Waals surface area contributed by atoms with E-state index in [4.69, 9.17) is 0 Å². The molecule has 1 aliphatic rings. The van der Waals surface area contributed by atoms with Crippen molar-refractivity contribution in [3.05, 3.63) is 59.5 Å². The SMILES string of the molecule is CC(NC1C=CS(=O)(=O)C1)c1cccc2ccccc12. The van der Waals surface area contributed by atoms with Crippen molar-refractivity contribution >= 4 is 20.6 Å². The van der Waals surface area contributed by atoms with Crippen molar-refractivity contribution in [2.75, 3.05) is 5.75 Å². The van der Waals surface area contributed by atoms with Crippen molar-refractivity contribution in [3.63, 3.8) is 0 Å². The molecule has 0 saturated carbocycles. The first-order valence-corrected chi connectivity index (χ1v) is 8.41. The molecule has 2 unspecified atom stereocenters. The third kappa shape index (κ3) is 2.62. The first-order chi connectivity index (χ1) is 9.55. The summed E-state index contributed by atoms with van der Waals surface area (Å²) in [6.07, 6.45) is 1.73. The van der Waals surface area contributed by atoms with Crippen LogP contribution in [0, 0.1) is 0 Å². The van der Waals surface area contributed by atoms with E-state index < -0.39 is 9.84 Å². The summed E-state index contributed by atoms with van der Waals surface area (Å²) in [6.45, 7) is 2.07. The van der Waals surface area contributed by atoms with Crippen LogP contribution >= 0.6 is 0 Å². The van der Waals surface area contributed by atoms with Crippen molar-refractivity contribution < 1.29 is 8.42 Å². The van der Waals surface area contributed by atoms with Gasteiger partial charge in [-0.25, -0.2) is 8.42 Å². The summed E-state index contributed by atoms with van der Waals surface area (Å²) in [5.41, 5.74) is 1.20. The van der Waals surface area contributed by atoms with Crippen LogP contribution in [0.5, 0.6) is 0 Å². The Morgan fingerprint density at radius 2 is 1.90 bits per heavy atom. The lowest BCUT2D eigenvalue weighted by molar-refractivity contribution is 0.537. The number of rotatable bonds is 3. The van der Waals surface area contributed by atoms with E-state index in [2.05, 4.69) is 36.5 Å². The molecule has 0 saturated heterocycles. The second kappa shape index (κ2) is 5.04. The van der Waals surface area contributed by atoms with E-state index in [1.807, 2.05) is 18.2 Å². The molecule has 4 heteroatoms. The zero-order chi connectivity index (χ0) is 14.2. The van der Waals surface area contributed by atoms with Crippen molar-refractivity contribution in [1.29, 1.82) is 0 Å². The molecule has 0 bridgehead atoms. The van der Waals surface area contributed by atoms with Crippen LogP contribution in [0.25, 0.3) is 10.8 Å². The van der Waals surface area contributed by atoms with Crippen LogP contribution in [0.1, 0.15) is 18.5 Å². The Labute approximate surface area is 119 Å². The highest BCUT2D eigenvalue weighted by Gasteiger charge is 2.23. The third-order valence-electron chi connectivity index (χ3n) is 3.68. The fourth-order valence-electron chi connectivity index (χ4n) is 2.72. The van der Waals surface area contributed by atoms with Gasteiger partial charge in [-0.15, -0.1) is 0 Å². The number of fused-ring (bicyclic) bond motifs is 1. The van der Waals surface area contributed by atoms with Gasteiger partial charge in [0, 0.05) is 17.5 Å². The van der Waals surface area contributed by atoms with Crippen LogP contribution in [0.2, 0.25) is 0 Å². The molecule has 1 aliphatic heterocycles. The molecule has 3 nitrogen and oxygen atoms in total. The van der Waals surface area contributed by atoms with Gasteiger partial charge in [0.05, 0.1) is 5.75 Å². The summed E-state index contributed by atoms with van der Waals surface area (Å²) in [7, 11) is -3.01. The smallest absolute Gasteiger partial charge is 0.173 e. The summed E-state index contributed by atoms with van der Waals surface area (Å²) < 4.78 is 22.9. The highest BCUT2D eigenvalue weighted by molar-refractivity contribution is 7.94. The summed E-state index contributed by atoms with van der Waals surface area (Å²) in [5.74, 6) is 0.155. The Morgan fingerprint density at radius 3 is 2.65 bits per heavy atom. The van der Waals surface area contributed by atoms with Crippen LogP contribution in [0.3, 0.4) is 0 Å². The molecule has 0 amide bonds. The molecule has 3 rings (SSSR count). The lowest BCUT2D eigenvalue weighted by Crippen LogP contribution is -2.32. The molecule has 0 aromatic heterocycles. The molecule has 104 valence electrons. The number of sulfone groups is 1. The molecule has 2 atom stereocenters. The molecule has 2 aromatic carbocycles. The predicted molar refractivity (Wildman–Crippen MR) is 82.2 cm³/mol. The van der Waals surface area contributed by atoms with Gasteiger partial charge in [0.25, 0.3) is 0 Å². The van der Waals surface area contributed by atoms with Gasteiger partial charge in [-0.3, -0.25) is 0 Å². The molecule has 20 heavy (non-hydrogen) atoms. The molecule has 1 heterocycles. The second-order valence-electron chi connectivity index (χ2n) is 5.22. The number of hydrogen-bond donors (Lipinski definition) is 1. The summed E-state index contributed by atoms with van der Waals surface area (Å²) in [5, 5.41) is 7.09. The normalized spacial score (nSPS) is 22.1. The van der Waals surface area contributed by atoms with Crippen molar-refractivity contribution in [3.8, 4) is 0 Å². The molecule has 2 aromatic rings. The van der Waals surface area contributed by atoms with Crippen molar-refractivity contribution in [2.24, 2.45) is 0 Å². The Hall–Kier alpha value is -1.65. The standard InChI is InChI=1S/C16H17NO2S/c1-12(17-14-9-10-20(18,19)11-14)15-8-4-6-13-5-2-3-7-16(13)15/h2-10,12,14,17H,11H2,1H3. The van der Waals surface area contributed by atoms with Gasteiger partial charge >= 0.3 is 0 Å². The highest BCUT2D eigenvalue weighted by atomic mass is 32.2.